The Hall–Kier alpha value is -3.20. The minimum atomic E-state index is -0.523. The van der Waals surface area contributed by atoms with Crippen LogP contribution in [0.2, 0.25) is 5.02 Å². The number of hydrogen-bond acceptors (Lipinski definition) is 7. The molecule has 3 heterocycles. The fraction of sp³-hybridized carbons (Fsp3) is 0.419. The SMILES string of the molecule is CN(C)C1CC/N=C(/N2CC3CCC(C2)N3)c2cc(Cl)c(-c3cc(O)cc4ccccc34)c(F)c2/N=C/NCC1. The highest BCUT2D eigenvalue weighted by atomic mass is 35.5. The standard InChI is InChI=1S/C31H36ClFN6O/c1-38(2)22-9-11-34-18-36-30-26(31(35-12-10-22)39-16-20-7-8-21(17-39)37-20)15-27(32)28(29(30)33)25-14-23(40)13-19-5-3-4-6-24(19)25/h3-6,13-15,18,20-22,37,40H,7-12,16-17H2,1-2H3,(H,34,36)/b35-31+. The maximum absolute atomic E-state index is 16.8. The molecule has 0 amide bonds. The van der Waals surface area contributed by atoms with E-state index in [4.69, 9.17) is 16.6 Å². The number of rotatable bonds is 2. The number of hydrogen-bond donors (Lipinski definition) is 3. The third kappa shape index (κ3) is 5.28. The number of piperazine rings is 1. The van der Waals surface area contributed by atoms with Crippen LogP contribution in [0.5, 0.6) is 5.75 Å². The lowest BCUT2D eigenvalue weighted by Crippen LogP contribution is -2.53. The van der Waals surface area contributed by atoms with Gasteiger partial charge in [0, 0.05) is 55.4 Å². The van der Waals surface area contributed by atoms with Crippen LogP contribution in [0, 0.1) is 5.82 Å². The molecule has 40 heavy (non-hydrogen) atoms. The van der Waals surface area contributed by atoms with Gasteiger partial charge in [-0.2, -0.15) is 0 Å². The van der Waals surface area contributed by atoms with E-state index < -0.39 is 5.82 Å². The Morgan fingerprint density at radius 2 is 1.80 bits per heavy atom. The smallest absolute Gasteiger partial charge is 0.158 e. The highest BCUT2D eigenvalue weighted by Crippen LogP contribution is 2.43. The van der Waals surface area contributed by atoms with E-state index in [1.807, 2.05) is 30.3 Å². The monoisotopic (exact) mass is 562 g/mol. The van der Waals surface area contributed by atoms with Crippen LogP contribution in [-0.2, 0) is 0 Å². The van der Waals surface area contributed by atoms with Gasteiger partial charge in [-0.3, -0.25) is 4.99 Å². The van der Waals surface area contributed by atoms with E-state index in [0.717, 1.165) is 61.9 Å². The molecule has 2 bridgehead atoms. The summed E-state index contributed by atoms with van der Waals surface area (Å²) >= 11 is 6.94. The van der Waals surface area contributed by atoms with Crippen molar-refractivity contribution in [2.75, 3.05) is 40.3 Å². The van der Waals surface area contributed by atoms with Crippen molar-refractivity contribution in [3.63, 3.8) is 0 Å². The summed E-state index contributed by atoms with van der Waals surface area (Å²) in [5.74, 6) is 0.276. The van der Waals surface area contributed by atoms with Gasteiger partial charge in [0.1, 0.15) is 17.3 Å². The zero-order valence-corrected chi connectivity index (χ0v) is 23.8. The van der Waals surface area contributed by atoms with Crippen molar-refractivity contribution in [3.05, 3.63) is 58.9 Å². The van der Waals surface area contributed by atoms with Gasteiger partial charge in [-0.15, -0.1) is 0 Å². The Balaban J connectivity index is 1.52. The van der Waals surface area contributed by atoms with Crippen LogP contribution in [0.1, 0.15) is 31.2 Å². The van der Waals surface area contributed by atoms with E-state index in [0.29, 0.717) is 35.8 Å². The number of fused-ring (bicyclic) bond motifs is 4. The maximum atomic E-state index is 16.8. The first-order chi connectivity index (χ1) is 19.4. The molecule has 2 fully saturated rings. The van der Waals surface area contributed by atoms with Gasteiger partial charge >= 0.3 is 0 Å². The molecule has 0 aromatic heterocycles. The number of halogens is 2. The Kier molecular flexibility index (Phi) is 7.66. The third-order valence-electron chi connectivity index (χ3n) is 8.43. The van der Waals surface area contributed by atoms with E-state index in [9.17, 15) is 5.11 Å². The minimum Gasteiger partial charge on any atom is -0.508 e. The number of phenols is 1. The van der Waals surface area contributed by atoms with E-state index in [-0.39, 0.29) is 22.0 Å². The Bertz CT molecular complexity index is 1460. The molecular formula is C31H36ClFN6O. The lowest BCUT2D eigenvalue weighted by atomic mass is 9.95. The van der Waals surface area contributed by atoms with Crippen LogP contribution in [0.25, 0.3) is 21.9 Å². The summed E-state index contributed by atoms with van der Waals surface area (Å²) in [4.78, 5) is 14.3. The Morgan fingerprint density at radius 3 is 2.58 bits per heavy atom. The fourth-order valence-corrected chi connectivity index (χ4v) is 6.68. The zero-order chi connectivity index (χ0) is 27.8. The maximum Gasteiger partial charge on any atom is 0.158 e. The van der Waals surface area contributed by atoms with Crippen molar-refractivity contribution < 1.29 is 9.50 Å². The van der Waals surface area contributed by atoms with Crippen molar-refractivity contribution in [1.82, 2.24) is 20.4 Å². The number of phenolic OH excluding ortho intramolecular Hbond substituents is 1. The van der Waals surface area contributed by atoms with Crippen molar-refractivity contribution in [2.24, 2.45) is 9.98 Å². The summed E-state index contributed by atoms with van der Waals surface area (Å²) in [5.41, 5.74) is 1.55. The molecule has 3 unspecified atom stereocenters. The minimum absolute atomic E-state index is 0.0519. The van der Waals surface area contributed by atoms with Crippen molar-refractivity contribution in [3.8, 4) is 16.9 Å². The molecule has 9 heteroatoms. The first-order valence-electron chi connectivity index (χ1n) is 14.1. The van der Waals surface area contributed by atoms with Gasteiger partial charge < -0.3 is 25.5 Å². The van der Waals surface area contributed by atoms with Gasteiger partial charge in [0.15, 0.2) is 5.82 Å². The second-order valence-electron chi connectivity index (χ2n) is 11.3. The summed E-state index contributed by atoms with van der Waals surface area (Å²) < 4.78 is 16.8. The number of amidine groups is 1. The third-order valence-corrected chi connectivity index (χ3v) is 8.72. The summed E-state index contributed by atoms with van der Waals surface area (Å²) in [5, 5.41) is 19.3. The van der Waals surface area contributed by atoms with Crippen molar-refractivity contribution in [1.29, 1.82) is 0 Å². The molecule has 0 saturated carbocycles. The lowest BCUT2D eigenvalue weighted by molar-refractivity contribution is 0.266. The molecule has 3 atom stereocenters. The normalized spacial score (nSPS) is 25.5. The first kappa shape index (κ1) is 27.0. The van der Waals surface area contributed by atoms with Gasteiger partial charge in [0.05, 0.1) is 11.4 Å². The number of benzene rings is 3. The summed E-state index contributed by atoms with van der Waals surface area (Å²) in [7, 11) is 4.20. The predicted octanol–water partition coefficient (Wildman–Crippen LogP) is 5.16. The second-order valence-corrected chi connectivity index (χ2v) is 11.7. The molecular weight excluding hydrogens is 527 g/mol. The van der Waals surface area contributed by atoms with Gasteiger partial charge in [-0.1, -0.05) is 35.9 Å². The van der Waals surface area contributed by atoms with Gasteiger partial charge in [0.25, 0.3) is 0 Å². The Morgan fingerprint density at radius 1 is 1.02 bits per heavy atom. The van der Waals surface area contributed by atoms with Gasteiger partial charge in [-0.25, -0.2) is 9.38 Å². The topological polar surface area (TPSA) is 75.5 Å². The lowest BCUT2D eigenvalue weighted by Gasteiger charge is -2.36. The molecule has 3 aliphatic rings. The van der Waals surface area contributed by atoms with Gasteiger partial charge in [-0.05, 0) is 74.3 Å². The molecule has 3 aromatic carbocycles. The Labute approximate surface area is 239 Å². The van der Waals surface area contributed by atoms with Crippen LogP contribution in [0.15, 0.2) is 52.4 Å². The number of aromatic hydroxyl groups is 1. The van der Waals surface area contributed by atoms with Gasteiger partial charge in [0.2, 0.25) is 0 Å². The molecule has 210 valence electrons. The van der Waals surface area contributed by atoms with Crippen LogP contribution in [0.3, 0.4) is 0 Å². The molecule has 7 nitrogen and oxygen atoms in total. The summed E-state index contributed by atoms with van der Waals surface area (Å²) in [6.45, 7) is 2.97. The van der Waals surface area contributed by atoms with Crippen LogP contribution < -0.4 is 10.6 Å². The highest BCUT2D eigenvalue weighted by Gasteiger charge is 2.35. The number of nitrogens with one attached hydrogen (secondary N) is 2. The average Bonchev–Trinajstić information content (AvgIpc) is 3.26. The van der Waals surface area contributed by atoms with E-state index in [2.05, 4.69) is 39.5 Å². The van der Waals surface area contributed by atoms with Crippen molar-refractivity contribution >= 4 is 40.2 Å². The quantitative estimate of drug-likeness (QED) is 0.402. The molecule has 2 saturated heterocycles. The molecule has 0 spiro atoms. The molecule has 6 rings (SSSR count). The molecule has 0 aliphatic carbocycles. The molecule has 3 N–H and O–H groups in total. The molecule has 3 aromatic rings. The predicted molar refractivity (Wildman–Crippen MR) is 162 cm³/mol. The van der Waals surface area contributed by atoms with E-state index >= 15 is 4.39 Å². The van der Waals surface area contributed by atoms with Crippen LogP contribution in [0.4, 0.5) is 10.1 Å². The summed E-state index contributed by atoms with van der Waals surface area (Å²) in [6, 6.07) is 13.8. The number of nitrogens with zero attached hydrogens (tertiary/aromatic N) is 4. The zero-order valence-electron chi connectivity index (χ0n) is 23.0. The van der Waals surface area contributed by atoms with E-state index in [1.165, 1.54) is 0 Å². The average molecular weight is 563 g/mol. The van der Waals surface area contributed by atoms with Crippen molar-refractivity contribution in [2.45, 2.75) is 43.8 Å². The van der Waals surface area contributed by atoms with E-state index in [1.54, 1.807) is 18.5 Å². The molecule has 3 aliphatic heterocycles. The largest absolute Gasteiger partial charge is 0.508 e. The highest BCUT2D eigenvalue weighted by molar-refractivity contribution is 6.34. The second kappa shape index (κ2) is 11.4. The summed E-state index contributed by atoms with van der Waals surface area (Å²) in [6.07, 6.45) is 5.67. The molecule has 0 radical (unpaired) electrons. The number of likely N-dealkylation sites (tertiary alicyclic amines) is 1. The fourth-order valence-electron chi connectivity index (χ4n) is 6.38. The first-order valence-corrected chi connectivity index (χ1v) is 14.5. The number of aliphatic imine (C=N–C) groups is 2. The van der Waals surface area contributed by atoms with Crippen LogP contribution >= 0.6 is 11.6 Å². The van der Waals surface area contributed by atoms with Crippen LogP contribution in [-0.4, -0.2) is 85.5 Å².